The van der Waals surface area contributed by atoms with Crippen LogP contribution < -0.4 is 4.90 Å². The number of fused-ring (bicyclic) bond motifs is 2. The Labute approximate surface area is 92.7 Å². The molecule has 0 aromatic carbocycles. The van der Waals surface area contributed by atoms with Crippen molar-refractivity contribution in [3.63, 3.8) is 0 Å². The van der Waals surface area contributed by atoms with Crippen molar-refractivity contribution < 1.29 is 0 Å². The molecule has 2 aliphatic rings. The summed E-state index contributed by atoms with van der Waals surface area (Å²) in [7, 11) is 2.84. The highest BCUT2D eigenvalue weighted by atomic mass is 31.0. The van der Waals surface area contributed by atoms with Crippen molar-refractivity contribution in [2.45, 2.75) is 25.4 Å². The van der Waals surface area contributed by atoms with Crippen molar-refractivity contribution in [3.05, 3.63) is 24.0 Å². The number of pyridine rings is 1. The van der Waals surface area contributed by atoms with E-state index < -0.39 is 0 Å². The second-order valence-electron chi connectivity index (χ2n) is 4.61. The van der Waals surface area contributed by atoms with Crippen LogP contribution in [0.2, 0.25) is 0 Å². The molecular weight excluding hydrogens is 205 g/mol. The highest BCUT2D eigenvalue weighted by Gasteiger charge is 2.41. The Kier molecular flexibility index (Phi) is 2.18. The molecule has 2 saturated heterocycles. The summed E-state index contributed by atoms with van der Waals surface area (Å²) in [5, 5.41) is 0. The van der Waals surface area contributed by atoms with E-state index in [-0.39, 0.29) is 0 Å². The molecule has 3 unspecified atom stereocenters. The third-order valence-electron chi connectivity index (χ3n) is 3.48. The average Bonchev–Trinajstić information content (AvgIpc) is 2.76. The van der Waals surface area contributed by atoms with Gasteiger partial charge in [-0.3, -0.25) is 9.65 Å². The molecule has 2 fully saturated rings. The van der Waals surface area contributed by atoms with Gasteiger partial charge in [0.15, 0.2) is 0 Å². The first-order chi connectivity index (χ1) is 7.24. The summed E-state index contributed by atoms with van der Waals surface area (Å²) in [6.45, 7) is 4.43. The molecule has 3 nitrogen and oxygen atoms in total. The van der Waals surface area contributed by atoms with Crippen LogP contribution in [-0.2, 0) is 0 Å². The summed E-state index contributed by atoms with van der Waals surface area (Å²) >= 11 is 0. The molecule has 1 aromatic heterocycles. The fourth-order valence-corrected chi connectivity index (χ4v) is 3.17. The van der Waals surface area contributed by atoms with E-state index in [1.54, 1.807) is 0 Å². The van der Waals surface area contributed by atoms with Crippen molar-refractivity contribution >= 4 is 15.1 Å². The maximum absolute atomic E-state index is 4.27. The van der Waals surface area contributed by atoms with Crippen molar-refractivity contribution in [2.75, 3.05) is 18.0 Å². The molecule has 0 saturated carbocycles. The topological polar surface area (TPSA) is 19.4 Å². The fourth-order valence-electron chi connectivity index (χ4n) is 2.71. The highest BCUT2D eigenvalue weighted by Crippen LogP contribution is 2.35. The lowest BCUT2D eigenvalue weighted by molar-refractivity contribution is 0.410. The third-order valence-corrected chi connectivity index (χ3v) is 4.11. The van der Waals surface area contributed by atoms with E-state index in [0.29, 0.717) is 6.04 Å². The summed E-state index contributed by atoms with van der Waals surface area (Å²) < 4.78 is 2.39. The van der Waals surface area contributed by atoms with Gasteiger partial charge in [0.1, 0.15) is 0 Å². The first kappa shape index (κ1) is 9.56. The van der Waals surface area contributed by atoms with Gasteiger partial charge in [-0.1, -0.05) is 9.39 Å². The van der Waals surface area contributed by atoms with E-state index in [9.17, 15) is 0 Å². The molecule has 3 atom stereocenters. The quantitative estimate of drug-likeness (QED) is 0.669. The lowest BCUT2D eigenvalue weighted by Crippen LogP contribution is -2.42. The number of rotatable bonds is 1. The minimum absolute atomic E-state index is 0.691. The Morgan fingerprint density at radius 1 is 1.33 bits per heavy atom. The van der Waals surface area contributed by atoms with Crippen molar-refractivity contribution in [2.24, 2.45) is 0 Å². The summed E-state index contributed by atoms with van der Waals surface area (Å²) in [6, 6.07) is 3.65. The van der Waals surface area contributed by atoms with Crippen LogP contribution >= 0.6 is 9.39 Å². The minimum Gasteiger partial charge on any atom is -0.364 e. The number of nitrogens with zero attached hydrogens (tertiary/aromatic N) is 3. The predicted molar refractivity (Wildman–Crippen MR) is 64.9 cm³/mol. The lowest BCUT2D eigenvalue weighted by atomic mass is 10.2. The molecule has 4 heteroatoms. The van der Waals surface area contributed by atoms with Gasteiger partial charge < -0.3 is 4.90 Å². The van der Waals surface area contributed by atoms with Gasteiger partial charge in [0.25, 0.3) is 0 Å². The summed E-state index contributed by atoms with van der Waals surface area (Å²) in [6.07, 6.45) is 5.21. The van der Waals surface area contributed by atoms with Crippen molar-refractivity contribution in [1.29, 1.82) is 0 Å². The Morgan fingerprint density at radius 3 is 2.80 bits per heavy atom. The number of piperazine rings is 1. The number of hydrogen-bond donors (Lipinski definition) is 0. The number of hydrogen-bond acceptors (Lipinski definition) is 3. The standard InChI is InChI=1S/C11H16N3P/c1-8-2-9(5-12-4-8)13-6-11-3-10(13)7-14(11)15/h2,4-5,10-11H,3,6-7,15H2,1H3. The first-order valence-corrected chi connectivity index (χ1v) is 5.95. The van der Waals surface area contributed by atoms with Gasteiger partial charge in [-0.05, 0) is 25.0 Å². The number of anilines is 1. The number of aromatic nitrogens is 1. The van der Waals surface area contributed by atoms with Crippen LogP contribution in [0.5, 0.6) is 0 Å². The fraction of sp³-hybridized carbons (Fsp3) is 0.545. The Hall–Kier alpha value is -0.660. The molecule has 3 rings (SSSR count). The molecule has 0 N–H and O–H groups in total. The average molecular weight is 221 g/mol. The lowest BCUT2D eigenvalue weighted by Gasteiger charge is -2.33. The maximum atomic E-state index is 4.27. The summed E-state index contributed by atoms with van der Waals surface area (Å²) in [5.41, 5.74) is 2.54. The van der Waals surface area contributed by atoms with Crippen LogP contribution in [0.3, 0.4) is 0 Å². The second-order valence-corrected chi connectivity index (χ2v) is 5.28. The van der Waals surface area contributed by atoms with Gasteiger partial charge in [-0.2, -0.15) is 0 Å². The molecule has 3 heterocycles. The Balaban J connectivity index is 1.86. The zero-order chi connectivity index (χ0) is 10.4. The molecule has 2 bridgehead atoms. The van der Waals surface area contributed by atoms with Gasteiger partial charge in [-0.15, -0.1) is 0 Å². The summed E-state index contributed by atoms with van der Waals surface area (Å²) in [4.78, 5) is 6.78. The third kappa shape index (κ3) is 1.54. The van der Waals surface area contributed by atoms with Crippen LogP contribution in [0.4, 0.5) is 5.69 Å². The first-order valence-electron chi connectivity index (χ1n) is 5.43. The second kappa shape index (κ2) is 3.43. The van der Waals surface area contributed by atoms with Gasteiger partial charge in [-0.25, -0.2) is 0 Å². The van der Waals surface area contributed by atoms with Crippen LogP contribution in [0.25, 0.3) is 0 Å². The largest absolute Gasteiger partial charge is 0.364 e. The molecule has 80 valence electrons. The van der Waals surface area contributed by atoms with E-state index in [4.69, 9.17) is 0 Å². The summed E-state index contributed by atoms with van der Waals surface area (Å²) in [5.74, 6) is 0. The van der Waals surface area contributed by atoms with Crippen LogP contribution in [0.15, 0.2) is 18.5 Å². The monoisotopic (exact) mass is 221 g/mol. The number of aryl methyl sites for hydroxylation is 1. The van der Waals surface area contributed by atoms with Gasteiger partial charge in [0.05, 0.1) is 11.9 Å². The van der Waals surface area contributed by atoms with Crippen molar-refractivity contribution in [3.8, 4) is 0 Å². The molecule has 0 aliphatic carbocycles. The van der Waals surface area contributed by atoms with E-state index in [2.05, 4.69) is 36.9 Å². The Morgan fingerprint density at radius 2 is 2.20 bits per heavy atom. The Bertz CT molecular complexity index is 380. The highest BCUT2D eigenvalue weighted by molar-refractivity contribution is 7.13. The molecule has 2 aliphatic heterocycles. The van der Waals surface area contributed by atoms with E-state index in [1.165, 1.54) is 24.2 Å². The van der Waals surface area contributed by atoms with Crippen LogP contribution in [0.1, 0.15) is 12.0 Å². The molecule has 0 amide bonds. The van der Waals surface area contributed by atoms with Crippen LogP contribution in [-0.4, -0.2) is 34.8 Å². The van der Waals surface area contributed by atoms with Crippen LogP contribution in [0, 0.1) is 6.92 Å². The van der Waals surface area contributed by atoms with E-state index in [1.807, 2.05) is 12.4 Å². The van der Waals surface area contributed by atoms with E-state index in [0.717, 1.165) is 12.6 Å². The SMILES string of the molecule is Cc1cncc(N2CC3CC2CN3P)c1. The normalized spacial score (nSPS) is 30.1. The van der Waals surface area contributed by atoms with Gasteiger partial charge in [0, 0.05) is 31.4 Å². The maximum Gasteiger partial charge on any atom is 0.0558 e. The minimum atomic E-state index is 0.691. The molecule has 15 heavy (non-hydrogen) atoms. The molecule has 1 aromatic rings. The zero-order valence-corrected chi connectivity index (χ0v) is 10.1. The zero-order valence-electron chi connectivity index (χ0n) is 8.93. The van der Waals surface area contributed by atoms with Gasteiger partial charge in [0.2, 0.25) is 0 Å². The van der Waals surface area contributed by atoms with E-state index >= 15 is 0 Å². The van der Waals surface area contributed by atoms with Gasteiger partial charge >= 0.3 is 0 Å². The van der Waals surface area contributed by atoms with Crippen molar-refractivity contribution in [1.82, 2.24) is 9.65 Å². The smallest absolute Gasteiger partial charge is 0.0558 e. The molecular formula is C11H16N3P. The molecule has 0 spiro atoms. The predicted octanol–water partition coefficient (Wildman–Crippen LogP) is 1.44. The molecule has 0 radical (unpaired) electrons.